The third-order valence-corrected chi connectivity index (χ3v) is 2.46. The van der Waals surface area contributed by atoms with E-state index in [4.69, 9.17) is 9.57 Å². The molecule has 0 saturated carbocycles. The van der Waals surface area contributed by atoms with Crippen LogP contribution in [-0.4, -0.2) is 26.4 Å². The molecule has 1 unspecified atom stereocenters. The van der Waals surface area contributed by atoms with Gasteiger partial charge < -0.3 is 4.74 Å². The number of hydroxylamine groups is 1. The van der Waals surface area contributed by atoms with Crippen LogP contribution < -0.4 is 5.48 Å². The third kappa shape index (κ3) is 5.26. The van der Waals surface area contributed by atoms with Gasteiger partial charge in [-0.2, -0.15) is 5.48 Å². The minimum atomic E-state index is 0.360. The predicted octanol–water partition coefficient (Wildman–Crippen LogP) is 2.18. The summed E-state index contributed by atoms with van der Waals surface area (Å²) in [5, 5.41) is 0. The minimum Gasteiger partial charge on any atom is -0.382 e. The molecule has 0 amide bonds. The lowest BCUT2D eigenvalue weighted by Gasteiger charge is -2.16. The summed E-state index contributed by atoms with van der Waals surface area (Å²) in [5.74, 6) is 0. The summed E-state index contributed by atoms with van der Waals surface area (Å²) in [6.45, 7) is 3.36. The number of methoxy groups -OCH3 is 1. The summed E-state index contributed by atoms with van der Waals surface area (Å²) in [4.78, 5) is 5.32. The van der Waals surface area contributed by atoms with Crippen molar-refractivity contribution in [1.29, 1.82) is 0 Å². The van der Waals surface area contributed by atoms with Gasteiger partial charge >= 0.3 is 0 Å². The van der Waals surface area contributed by atoms with Gasteiger partial charge in [0.1, 0.15) is 0 Å². The Bertz CT molecular complexity index is 264. The molecule has 0 spiro atoms. The van der Waals surface area contributed by atoms with Crippen LogP contribution in [0.4, 0.5) is 0 Å². The Balaban J connectivity index is 2.26. The van der Waals surface area contributed by atoms with Crippen molar-refractivity contribution in [2.24, 2.45) is 0 Å². The minimum absolute atomic E-state index is 0.360. The van der Waals surface area contributed by atoms with Crippen LogP contribution >= 0.6 is 0 Å². The van der Waals surface area contributed by atoms with Gasteiger partial charge in [0.05, 0.1) is 13.2 Å². The molecule has 0 fully saturated rings. The average molecular weight is 223 g/mol. The molecule has 0 aliphatic rings. The highest BCUT2D eigenvalue weighted by atomic mass is 16.7. The Labute approximate surface area is 97.7 Å². The molecule has 16 heavy (non-hydrogen) atoms. The zero-order valence-electron chi connectivity index (χ0n) is 10.1. The van der Waals surface area contributed by atoms with E-state index >= 15 is 0 Å². The highest BCUT2D eigenvalue weighted by Gasteiger charge is 2.06. The molecule has 1 N–H and O–H groups in total. The quantitative estimate of drug-likeness (QED) is 0.541. The van der Waals surface area contributed by atoms with Crippen molar-refractivity contribution in [3.05, 3.63) is 35.9 Å². The van der Waals surface area contributed by atoms with E-state index in [-0.39, 0.29) is 0 Å². The molecule has 0 bridgehead atoms. The van der Waals surface area contributed by atoms with E-state index < -0.39 is 0 Å². The Morgan fingerprint density at radius 2 is 1.94 bits per heavy atom. The van der Waals surface area contributed by atoms with Gasteiger partial charge in [-0.1, -0.05) is 37.3 Å². The van der Waals surface area contributed by atoms with Crippen LogP contribution in [0.3, 0.4) is 0 Å². The summed E-state index contributed by atoms with van der Waals surface area (Å²) in [5.41, 5.74) is 4.40. The lowest BCUT2D eigenvalue weighted by atomic mass is 10.1. The lowest BCUT2D eigenvalue weighted by molar-refractivity contribution is -0.0124. The smallest absolute Gasteiger partial charge is 0.0915 e. The maximum absolute atomic E-state index is 5.32. The molecule has 1 aromatic rings. The van der Waals surface area contributed by atoms with Crippen molar-refractivity contribution in [3.63, 3.8) is 0 Å². The zero-order valence-corrected chi connectivity index (χ0v) is 10.1. The number of rotatable bonds is 8. The second kappa shape index (κ2) is 8.28. The van der Waals surface area contributed by atoms with E-state index in [0.29, 0.717) is 19.3 Å². The van der Waals surface area contributed by atoms with E-state index in [2.05, 4.69) is 36.7 Å². The fourth-order valence-electron chi connectivity index (χ4n) is 1.47. The number of hydrogen-bond acceptors (Lipinski definition) is 3. The number of nitrogens with one attached hydrogen (secondary N) is 1. The van der Waals surface area contributed by atoms with Crippen LogP contribution in [0.2, 0.25) is 0 Å². The molecule has 3 heteroatoms. The van der Waals surface area contributed by atoms with Crippen molar-refractivity contribution in [2.45, 2.75) is 25.8 Å². The molecule has 1 atom stereocenters. The maximum atomic E-state index is 5.32. The monoisotopic (exact) mass is 223 g/mol. The number of hydrogen-bond donors (Lipinski definition) is 1. The molecular weight excluding hydrogens is 202 g/mol. The fraction of sp³-hybridized carbons (Fsp3) is 0.538. The van der Waals surface area contributed by atoms with Gasteiger partial charge in [-0.25, -0.2) is 0 Å². The van der Waals surface area contributed by atoms with E-state index in [1.807, 2.05) is 6.07 Å². The Morgan fingerprint density at radius 3 is 2.56 bits per heavy atom. The first kappa shape index (κ1) is 13.2. The van der Waals surface area contributed by atoms with Gasteiger partial charge in [-0.05, 0) is 18.4 Å². The van der Waals surface area contributed by atoms with Crippen LogP contribution in [0.1, 0.15) is 18.9 Å². The number of benzene rings is 1. The molecule has 0 aliphatic heterocycles. The topological polar surface area (TPSA) is 30.5 Å². The largest absolute Gasteiger partial charge is 0.382 e. The van der Waals surface area contributed by atoms with Gasteiger partial charge in [-0.15, -0.1) is 0 Å². The Morgan fingerprint density at radius 1 is 1.19 bits per heavy atom. The summed E-state index contributed by atoms with van der Waals surface area (Å²) in [6, 6.07) is 10.8. The maximum Gasteiger partial charge on any atom is 0.0915 e. The number of ether oxygens (including phenoxy) is 1. The standard InChI is InChI=1S/C13H21NO2/c1-3-13(14-16-10-9-15-2)11-12-7-5-4-6-8-12/h4-8,13-14H,3,9-11H2,1-2H3. The van der Waals surface area contributed by atoms with E-state index in [0.717, 1.165) is 12.8 Å². The molecule has 0 aromatic heterocycles. The van der Waals surface area contributed by atoms with Gasteiger partial charge in [0, 0.05) is 13.2 Å². The van der Waals surface area contributed by atoms with E-state index in [1.165, 1.54) is 5.56 Å². The van der Waals surface area contributed by atoms with Gasteiger partial charge in [0.15, 0.2) is 0 Å². The van der Waals surface area contributed by atoms with E-state index in [9.17, 15) is 0 Å². The zero-order chi connectivity index (χ0) is 11.6. The van der Waals surface area contributed by atoms with Gasteiger partial charge in [0.25, 0.3) is 0 Å². The molecule has 3 nitrogen and oxygen atoms in total. The van der Waals surface area contributed by atoms with Crippen LogP contribution in [-0.2, 0) is 16.0 Å². The molecule has 0 heterocycles. The van der Waals surface area contributed by atoms with Gasteiger partial charge in [-0.3, -0.25) is 4.84 Å². The van der Waals surface area contributed by atoms with Crippen molar-refractivity contribution >= 4 is 0 Å². The highest BCUT2D eigenvalue weighted by molar-refractivity contribution is 5.15. The molecule has 1 aromatic carbocycles. The fourth-order valence-corrected chi connectivity index (χ4v) is 1.47. The molecule has 90 valence electrons. The SMILES string of the molecule is CCC(Cc1ccccc1)NOCCOC. The average Bonchev–Trinajstić information content (AvgIpc) is 2.34. The second-order valence-corrected chi connectivity index (χ2v) is 3.75. The summed E-state index contributed by atoms with van der Waals surface area (Å²) < 4.78 is 4.91. The van der Waals surface area contributed by atoms with E-state index in [1.54, 1.807) is 7.11 Å². The van der Waals surface area contributed by atoms with Crippen LogP contribution in [0.25, 0.3) is 0 Å². The van der Waals surface area contributed by atoms with Gasteiger partial charge in [0.2, 0.25) is 0 Å². The van der Waals surface area contributed by atoms with Crippen molar-refractivity contribution in [1.82, 2.24) is 5.48 Å². The highest BCUT2D eigenvalue weighted by Crippen LogP contribution is 2.05. The first-order valence-corrected chi connectivity index (χ1v) is 5.77. The summed E-state index contributed by atoms with van der Waals surface area (Å²) in [7, 11) is 1.67. The lowest BCUT2D eigenvalue weighted by Crippen LogP contribution is -2.31. The first-order valence-electron chi connectivity index (χ1n) is 5.77. The Kier molecular flexibility index (Phi) is 6.81. The van der Waals surface area contributed by atoms with Crippen LogP contribution in [0.15, 0.2) is 30.3 Å². The normalized spacial score (nSPS) is 12.6. The van der Waals surface area contributed by atoms with Crippen molar-refractivity contribution in [3.8, 4) is 0 Å². The molecule has 1 rings (SSSR count). The first-order chi connectivity index (χ1) is 7.86. The van der Waals surface area contributed by atoms with Crippen molar-refractivity contribution in [2.75, 3.05) is 20.3 Å². The second-order valence-electron chi connectivity index (χ2n) is 3.75. The molecular formula is C13H21NO2. The predicted molar refractivity (Wildman–Crippen MR) is 65.2 cm³/mol. The summed E-state index contributed by atoms with van der Waals surface area (Å²) >= 11 is 0. The van der Waals surface area contributed by atoms with Crippen molar-refractivity contribution < 1.29 is 9.57 Å². The molecule has 0 radical (unpaired) electrons. The molecule has 0 saturated heterocycles. The summed E-state index contributed by atoms with van der Waals surface area (Å²) in [6.07, 6.45) is 2.03. The third-order valence-electron chi connectivity index (χ3n) is 2.46. The van der Waals surface area contributed by atoms with Crippen LogP contribution in [0, 0.1) is 0 Å². The molecule has 0 aliphatic carbocycles. The van der Waals surface area contributed by atoms with Crippen LogP contribution in [0.5, 0.6) is 0 Å². The Hall–Kier alpha value is -0.900.